The highest BCUT2D eigenvalue weighted by atomic mass is 35.5. The third-order valence-corrected chi connectivity index (χ3v) is 6.77. The van der Waals surface area contributed by atoms with Crippen LogP contribution in [0.3, 0.4) is 0 Å². The maximum atomic E-state index is 12.4. The number of amides is 1. The van der Waals surface area contributed by atoms with E-state index in [0.717, 1.165) is 6.42 Å². The summed E-state index contributed by atoms with van der Waals surface area (Å²) in [5, 5.41) is 2.68. The van der Waals surface area contributed by atoms with E-state index in [4.69, 9.17) is 23.2 Å². The van der Waals surface area contributed by atoms with Gasteiger partial charge in [-0.05, 0) is 38.0 Å². The number of nitrogens with zero attached hydrogens (tertiary/aromatic N) is 1. The van der Waals surface area contributed by atoms with Crippen molar-refractivity contribution in [1.82, 2.24) is 4.72 Å². The van der Waals surface area contributed by atoms with Crippen LogP contribution in [0.2, 0.25) is 0 Å². The summed E-state index contributed by atoms with van der Waals surface area (Å²) in [5.74, 6) is 0.124. The molecule has 24 heavy (non-hydrogen) atoms. The Hall–Kier alpha value is -1.31. The van der Waals surface area contributed by atoms with Crippen molar-refractivity contribution in [1.29, 1.82) is 0 Å². The predicted molar refractivity (Wildman–Crippen MR) is 94.1 cm³/mol. The summed E-state index contributed by atoms with van der Waals surface area (Å²) < 4.78 is 26.2. The number of alkyl halides is 2. The lowest BCUT2D eigenvalue weighted by Crippen LogP contribution is -2.29. The number of carbonyl (C=O) groups is 1. The van der Waals surface area contributed by atoms with Crippen LogP contribution in [-0.4, -0.2) is 31.0 Å². The van der Waals surface area contributed by atoms with E-state index in [1.54, 1.807) is 19.1 Å². The van der Waals surface area contributed by atoms with Gasteiger partial charge in [-0.15, -0.1) is 23.2 Å². The molecule has 1 aromatic carbocycles. The van der Waals surface area contributed by atoms with E-state index >= 15 is 0 Å². The Balaban J connectivity index is 1.76. The molecule has 0 aromatic heterocycles. The van der Waals surface area contributed by atoms with Gasteiger partial charge in [-0.3, -0.25) is 14.5 Å². The second-order valence-corrected chi connectivity index (χ2v) is 9.40. The lowest BCUT2D eigenvalue weighted by Gasteiger charge is -2.14. The average Bonchev–Trinajstić information content (AvgIpc) is 2.86. The number of benzene rings is 1. The number of sulfonamides is 1. The number of amidine groups is 1. The van der Waals surface area contributed by atoms with Gasteiger partial charge in [0.2, 0.25) is 5.91 Å². The van der Waals surface area contributed by atoms with Gasteiger partial charge in [0.25, 0.3) is 10.0 Å². The molecular weight excluding hydrogens is 373 g/mol. The van der Waals surface area contributed by atoms with Crippen molar-refractivity contribution in [2.45, 2.75) is 35.4 Å². The minimum Gasteiger partial charge on any atom is -0.325 e. The molecule has 0 spiro atoms. The first-order valence-corrected chi connectivity index (χ1v) is 9.73. The summed E-state index contributed by atoms with van der Waals surface area (Å²) in [4.78, 5) is 16.4. The molecule has 1 heterocycles. The molecule has 1 atom stereocenters. The van der Waals surface area contributed by atoms with E-state index in [1.165, 1.54) is 12.1 Å². The Morgan fingerprint density at radius 3 is 2.62 bits per heavy atom. The molecule has 1 fully saturated rings. The van der Waals surface area contributed by atoms with Gasteiger partial charge in [0, 0.05) is 18.7 Å². The van der Waals surface area contributed by atoms with Crippen molar-refractivity contribution in [2.24, 2.45) is 10.4 Å². The molecule has 9 heteroatoms. The Bertz CT molecular complexity index is 823. The molecule has 2 aliphatic rings. The van der Waals surface area contributed by atoms with Crippen LogP contribution in [0.25, 0.3) is 0 Å². The number of halogens is 2. The first kappa shape index (κ1) is 17.5. The molecule has 2 N–H and O–H groups in total. The van der Waals surface area contributed by atoms with E-state index in [1.807, 2.05) is 0 Å². The predicted octanol–water partition coefficient (Wildman–Crippen LogP) is 2.68. The lowest BCUT2D eigenvalue weighted by atomic mass is 10.1. The van der Waals surface area contributed by atoms with Crippen LogP contribution in [0.15, 0.2) is 34.2 Å². The van der Waals surface area contributed by atoms with E-state index < -0.39 is 19.8 Å². The highest BCUT2D eigenvalue weighted by Gasteiger charge is 2.67. The fourth-order valence-electron chi connectivity index (χ4n) is 2.49. The van der Waals surface area contributed by atoms with Crippen LogP contribution in [0.1, 0.15) is 26.2 Å². The molecule has 130 valence electrons. The minimum atomic E-state index is -3.73. The van der Waals surface area contributed by atoms with E-state index in [-0.39, 0.29) is 10.8 Å². The highest BCUT2D eigenvalue weighted by molar-refractivity contribution is 7.90. The molecular formula is C15H17Cl2N3O3S. The van der Waals surface area contributed by atoms with Crippen LogP contribution in [-0.2, 0) is 14.8 Å². The molecule has 0 unspecified atom stereocenters. The second kappa shape index (κ2) is 5.89. The van der Waals surface area contributed by atoms with E-state index in [9.17, 15) is 13.2 Å². The second-order valence-electron chi connectivity index (χ2n) is 6.23. The minimum absolute atomic E-state index is 0.0545. The van der Waals surface area contributed by atoms with Gasteiger partial charge in [-0.1, -0.05) is 6.07 Å². The van der Waals surface area contributed by atoms with Crippen LogP contribution >= 0.6 is 23.2 Å². The monoisotopic (exact) mass is 389 g/mol. The van der Waals surface area contributed by atoms with E-state index in [2.05, 4.69) is 15.0 Å². The van der Waals surface area contributed by atoms with Gasteiger partial charge < -0.3 is 5.32 Å². The molecule has 1 aliphatic heterocycles. The lowest BCUT2D eigenvalue weighted by molar-refractivity contribution is -0.120. The molecule has 1 aliphatic carbocycles. The molecule has 1 saturated carbocycles. The van der Waals surface area contributed by atoms with Crippen LogP contribution in [0, 0.1) is 5.41 Å². The summed E-state index contributed by atoms with van der Waals surface area (Å²) in [7, 11) is -3.73. The van der Waals surface area contributed by atoms with Crippen LogP contribution < -0.4 is 10.0 Å². The Kier molecular flexibility index (Phi) is 4.30. The molecule has 6 nitrogen and oxygen atoms in total. The topological polar surface area (TPSA) is 87.6 Å². The summed E-state index contributed by atoms with van der Waals surface area (Å²) in [6.07, 6.45) is 1.81. The first-order valence-electron chi connectivity index (χ1n) is 7.50. The normalized spacial score (nSPS) is 25.0. The zero-order chi connectivity index (χ0) is 17.6. The quantitative estimate of drug-likeness (QED) is 0.775. The first-order chi connectivity index (χ1) is 11.1. The van der Waals surface area contributed by atoms with Crippen LogP contribution in [0.5, 0.6) is 0 Å². The van der Waals surface area contributed by atoms with Crippen LogP contribution in [0.4, 0.5) is 5.69 Å². The Morgan fingerprint density at radius 1 is 1.33 bits per heavy atom. The number of carbonyl (C=O) groups excluding carboxylic acids is 1. The number of rotatable bonds is 4. The standard InChI is InChI=1S/C15H17Cl2N3O3S/c1-14(9-15(14,16)17)13(21)19-10-4-2-5-11(8-10)24(22,23)20-12-6-3-7-18-12/h2,4-5,8H,3,6-7,9H2,1H3,(H,18,20)(H,19,21)/t14-/m1/s1. The van der Waals surface area contributed by atoms with Crippen molar-refractivity contribution in [3.8, 4) is 0 Å². The van der Waals surface area contributed by atoms with E-state index in [0.29, 0.717) is 30.9 Å². The number of aliphatic imine (C=N–C) groups is 1. The third kappa shape index (κ3) is 3.25. The number of nitrogens with one attached hydrogen (secondary N) is 2. The number of hydrogen-bond acceptors (Lipinski definition) is 4. The Morgan fingerprint density at radius 2 is 2.04 bits per heavy atom. The maximum Gasteiger partial charge on any atom is 0.262 e. The summed E-state index contributed by atoms with van der Waals surface area (Å²) in [6, 6.07) is 6.02. The molecule has 0 saturated heterocycles. The average molecular weight is 390 g/mol. The van der Waals surface area contributed by atoms with Gasteiger partial charge in [0.15, 0.2) is 0 Å². The van der Waals surface area contributed by atoms with Gasteiger partial charge in [-0.2, -0.15) is 0 Å². The fraction of sp³-hybridized carbons (Fsp3) is 0.467. The summed E-state index contributed by atoms with van der Waals surface area (Å²) in [6.45, 7) is 2.30. The van der Waals surface area contributed by atoms with Crippen molar-refractivity contribution in [3.05, 3.63) is 24.3 Å². The van der Waals surface area contributed by atoms with Gasteiger partial charge in [0.05, 0.1) is 10.3 Å². The third-order valence-electron chi connectivity index (χ3n) is 4.29. The maximum absolute atomic E-state index is 12.4. The molecule has 0 bridgehead atoms. The van der Waals surface area contributed by atoms with Crippen molar-refractivity contribution in [3.63, 3.8) is 0 Å². The molecule has 0 radical (unpaired) electrons. The summed E-state index contributed by atoms with van der Waals surface area (Å²) >= 11 is 12.0. The fourth-order valence-corrected chi connectivity index (χ4v) is 4.33. The largest absolute Gasteiger partial charge is 0.325 e. The number of anilines is 1. The SMILES string of the molecule is C[C@]1(C(=O)Nc2cccc(S(=O)(=O)NC3=NCCC3)c2)CC1(Cl)Cl. The van der Waals surface area contributed by atoms with Crippen molar-refractivity contribution < 1.29 is 13.2 Å². The highest BCUT2D eigenvalue weighted by Crippen LogP contribution is 2.64. The number of hydrogen-bond donors (Lipinski definition) is 2. The van der Waals surface area contributed by atoms with Gasteiger partial charge in [-0.25, -0.2) is 8.42 Å². The zero-order valence-electron chi connectivity index (χ0n) is 13.0. The molecule has 1 amide bonds. The van der Waals surface area contributed by atoms with Gasteiger partial charge in [0.1, 0.15) is 10.2 Å². The molecule has 3 rings (SSSR count). The van der Waals surface area contributed by atoms with Gasteiger partial charge >= 0.3 is 0 Å². The zero-order valence-corrected chi connectivity index (χ0v) is 15.3. The molecule has 1 aromatic rings. The Labute approximate surface area is 150 Å². The summed E-state index contributed by atoms with van der Waals surface area (Å²) in [5.41, 5.74) is -0.504. The smallest absolute Gasteiger partial charge is 0.262 e. The van der Waals surface area contributed by atoms with Crippen molar-refractivity contribution in [2.75, 3.05) is 11.9 Å². The van der Waals surface area contributed by atoms with Crippen molar-refractivity contribution >= 4 is 50.7 Å².